The number of nitrogens with zero attached hydrogens (tertiary/aromatic N) is 6. The van der Waals surface area contributed by atoms with Gasteiger partial charge in [0.25, 0.3) is 0 Å². The molecule has 2 aromatic carbocycles. The van der Waals surface area contributed by atoms with Crippen LogP contribution in [0.5, 0.6) is 0 Å². The van der Waals surface area contributed by atoms with Gasteiger partial charge >= 0.3 is 0 Å². The third kappa shape index (κ3) is 3.11. The van der Waals surface area contributed by atoms with Gasteiger partial charge in [0.15, 0.2) is 5.82 Å². The van der Waals surface area contributed by atoms with Crippen LogP contribution in [0.3, 0.4) is 0 Å². The number of fused-ring (bicyclic) bond motifs is 2. The minimum Gasteiger partial charge on any atom is -0.378 e. The Bertz CT molecular complexity index is 1410. The van der Waals surface area contributed by atoms with Crippen molar-refractivity contribution >= 4 is 27.9 Å². The summed E-state index contributed by atoms with van der Waals surface area (Å²) in [6, 6.07) is 16.3. The van der Waals surface area contributed by atoms with Crippen LogP contribution in [0.25, 0.3) is 39.3 Å². The third-order valence-electron chi connectivity index (χ3n) is 5.89. The number of hydrogen-bond acceptors (Lipinski definition) is 6. The molecule has 5 aromatic rings. The van der Waals surface area contributed by atoms with Gasteiger partial charge in [-0.05, 0) is 24.3 Å². The Morgan fingerprint density at radius 3 is 2.62 bits per heavy atom. The van der Waals surface area contributed by atoms with Crippen LogP contribution in [0.2, 0.25) is 0 Å². The summed E-state index contributed by atoms with van der Waals surface area (Å²) in [5.41, 5.74) is 3.96. The van der Waals surface area contributed by atoms with Gasteiger partial charge in [0, 0.05) is 42.2 Å². The summed E-state index contributed by atoms with van der Waals surface area (Å²) in [5, 5.41) is 1.09. The van der Waals surface area contributed by atoms with Gasteiger partial charge in [0.05, 0.1) is 24.2 Å². The molecule has 8 nitrogen and oxygen atoms in total. The molecule has 0 saturated carbocycles. The van der Waals surface area contributed by atoms with Crippen molar-refractivity contribution in [1.29, 1.82) is 0 Å². The van der Waals surface area contributed by atoms with Gasteiger partial charge in [-0.1, -0.05) is 31.2 Å². The van der Waals surface area contributed by atoms with E-state index in [0.717, 1.165) is 52.8 Å². The second-order valence-electron chi connectivity index (χ2n) is 7.81. The summed E-state index contributed by atoms with van der Waals surface area (Å²) in [7, 11) is 0. The first-order valence-electron chi connectivity index (χ1n) is 10.9. The molecule has 0 atom stereocenters. The highest BCUT2D eigenvalue weighted by molar-refractivity contribution is 5.93. The van der Waals surface area contributed by atoms with E-state index in [4.69, 9.17) is 24.7 Å². The lowest BCUT2D eigenvalue weighted by molar-refractivity contribution is 0.122. The summed E-state index contributed by atoms with van der Waals surface area (Å²) < 4.78 is 7.61. The number of H-pyrrole nitrogens is 1. The molecule has 1 aliphatic heterocycles. The first-order chi connectivity index (χ1) is 15.8. The predicted molar refractivity (Wildman–Crippen MR) is 124 cm³/mol. The van der Waals surface area contributed by atoms with Gasteiger partial charge in [0.1, 0.15) is 5.82 Å². The smallest absolute Gasteiger partial charge is 0.241 e. The van der Waals surface area contributed by atoms with Crippen molar-refractivity contribution in [2.24, 2.45) is 0 Å². The van der Waals surface area contributed by atoms with Crippen molar-refractivity contribution in [2.45, 2.75) is 13.3 Å². The average Bonchev–Trinajstić information content (AvgIpc) is 3.48. The predicted octanol–water partition coefficient (Wildman–Crippen LogP) is 3.76. The van der Waals surface area contributed by atoms with E-state index in [1.807, 2.05) is 30.5 Å². The Hall–Kier alpha value is -3.78. The average molecular weight is 425 g/mol. The van der Waals surface area contributed by atoms with E-state index in [9.17, 15) is 0 Å². The Kier molecular flexibility index (Phi) is 4.57. The zero-order chi connectivity index (χ0) is 21.5. The van der Waals surface area contributed by atoms with Crippen LogP contribution in [0.1, 0.15) is 12.7 Å². The zero-order valence-corrected chi connectivity index (χ0v) is 17.8. The van der Waals surface area contributed by atoms with Crippen molar-refractivity contribution in [3.63, 3.8) is 0 Å². The molecule has 4 heterocycles. The molecule has 32 heavy (non-hydrogen) atoms. The van der Waals surface area contributed by atoms with E-state index >= 15 is 0 Å². The fraction of sp³-hybridized carbons (Fsp3) is 0.250. The quantitative estimate of drug-likeness (QED) is 0.472. The largest absolute Gasteiger partial charge is 0.378 e. The number of ether oxygens (including phenoxy) is 1. The standard InChI is InChI=1S/C24H23N7O/c1-2-21-26-19-7-3-4-9-20(19)31(21)24-28-22(17-6-5-8-18-16(17)10-11-25-18)27-23(29-24)30-12-14-32-15-13-30/h3-11,25H,2,12-15H2,1H3. The SMILES string of the molecule is CCc1nc2ccccc2n1-c1nc(-c2cccc3[nH]ccc23)nc(N2CCOCC2)n1. The van der Waals surface area contributed by atoms with Gasteiger partial charge < -0.3 is 14.6 Å². The molecule has 0 unspecified atom stereocenters. The number of aromatic nitrogens is 6. The number of aromatic amines is 1. The maximum absolute atomic E-state index is 5.55. The Morgan fingerprint density at radius 1 is 0.906 bits per heavy atom. The Balaban J connectivity index is 1.61. The van der Waals surface area contributed by atoms with Gasteiger partial charge in [-0.15, -0.1) is 0 Å². The fourth-order valence-electron chi connectivity index (χ4n) is 4.30. The van der Waals surface area contributed by atoms with Gasteiger partial charge in [0.2, 0.25) is 11.9 Å². The first kappa shape index (κ1) is 18.9. The maximum atomic E-state index is 5.55. The molecule has 0 spiro atoms. The highest BCUT2D eigenvalue weighted by atomic mass is 16.5. The van der Waals surface area contributed by atoms with E-state index in [0.29, 0.717) is 30.9 Å². The molecule has 0 amide bonds. The monoisotopic (exact) mass is 425 g/mol. The number of nitrogens with one attached hydrogen (secondary N) is 1. The van der Waals surface area contributed by atoms with Crippen LogP contribution in [0.15, 0.2) is 54.7 Å². The highest BCUT2D eigenvalue weighted by Crippen LogP contribution is 2.29. The van der Waals surface area contributed by atoms with Crippen molar-refractivity contribution in [3.05, 3.63) is 60.6 Å². The van der Waals surface area contributed by atoms with Crippen LogP contribution >= 0.6 is 0 Å². The van der Waals surface area contributed by atoms with Crippen LogP contribution in [-0.4, -0.2) is 55.8 Å². The molecule has 3 aromatic heterocycles. The van der Waals surface area contributed by atoms with Gasteiger partial charge in [-0.2, -0.15) is 15.0 Å². The number of rotatable bonds is 4. The zero-order valence-electron chi connectivity index (χ0n) is 17.8. The number of para-hydroxylation sites is 2. The Morgan fingerprint density at radius 2 is 1.75 bits per heavy atom. The molecular weight excluding hydrogens is 402 g/mol. The molecule has 0 bridgehead atoms. The summed E-state index contributed by atoms with van der Waals surface area (Å²) in [6.07, 6.45) is 2.72. The van der Waals surface area contributed by atoms with Crippen LogP contribution in [0, 0.1) is 0 Å². The number of imidazole rings is 1. The number of benzene rings is 2. The lowest BCUT2D eigenvalue weighted by Gasteiger charge is -2.27. The number of hydrogen-bond donors (Lipinski definition) is 1. The van der Waals surface area contributed by atoms with Gasteiger partial charge in [-0.25, -0.2) is 4.98 Å². The third-order valence-corrected chi connectivity index (χ3v) is 5.89. The van der Waals surface area contributed by atoms with E-state index in [2.05, 4.69) is 45.6 Å². The van der Waals surface area contributed by atoms with E-state index < -0.39 is 0 Å². The van der Waals surface area contributed by atoms with Crippen LogP contribution < -0.4 is 4.90 Å². The van der Waals surface area contributed by atoms with E-state index in [1.54, 1.807) is 0 Å². The highest BCUT2D eigenvalue weighted by Gasteiger charge is 2.21. The molecule has 0 aliphatic carbocycles. The normalized spacial score (nSPS) is 14.5. The molecule has 1 N–H and O–H groups in total. The number of aryl methyl sites for hydroxylation is 1. The maximum Gasteiger partial charge on any atom is 0.241 e. The minimum absolute atomic E-state index is 0.592. The lowest BCUT2D eigenvalue weighted by atomic mass is 10.1. The molecule has 160 valence electrons. The molecule has 1 aliphatic rings. The lowest BCUT2D eigenvalue weighted by Crippen LogP contribution is -2.37. The summed E-state index contributed by atoms with van der Waals surface area (Å²) in [4.78, 5) is 25.0. The van der Waals surface area contributed by atoms with Gasteiger partial charge in [-0.3, -0.25) is 4.57 Å². The van der Waals surface area contributed by atoms with Crippen molar-refractivity contribution in [1.82, 2.24) is 29.5 Å². The van der Waals surface area contributed by atoms with Crippen molar-refractivity contribution in [2.75, 3.05) is 31.2 Å². The number of anilines is 1. The van der Waals surface area contributed by atoms with Crippen molar-refractivity contribution in [3.8, 4) is 17.3 Å². The molecule has 6 rings (SSSR count). The topological polar surface area (TPSA) is 84.8 Å². The molecule has 1 fully saturated rings. The minimum atomic E-state index is 0.592. The summed E-state index contributed by atoms with van der Waals surface area (Å²) >= 11 is 0. The van der Waals surface area contributed by atoms with Crippen LogP contribution in [-0.2, 0) is 11.2 Å². The molecule has 8 heteroatoms. The molecule has 1 saturated heterocycles. The summed E-state index contributed by atoms with van der Waals surface area (Å²) in [5.74, 6) is 2.84. The first-order valence-corrected chi connectivity index (χ1v) is 10.9. The number of morpholine rings is 1. The van der Waals surface area contributed by atoms with Crippen LogP contribution in [0.4, 0.5) is 5.95 Å². The second kappa shape index (κ2) is 7.72. The van der Waals surface area contributed by atoms with Crippen molar-refractivity contribution < 1.29 is 4.74 Å². The van der Waals surface area contributed by atoms with E-state index in [-0.39, 0.29) is 0 Å². The second-order valence-corrected chi connectivity index (χ2v) is 7.81. The molecular formula is C24H23N7O. The molecule has 0 radical (unpaired) electrons. The summed E-state index contributed by atoms with van der Waals surface area (Å²) in [6.45, 7) is 4.93. The fourth-order valence-corrected chi connectivity index (χ4v) is 4.30. The Labute approximate surface area is 184 Å². The van der Waals surface area contributed by atoms with E-state index in [1.165, 1.54) is 0 Å².